The molecule has 0 bridgehead atoms. The van der Waals surface area contributed by atoms with Crippen molar-refractivity contribution in [3.8, 4) is 11.5 Å². The second-order valence-corrected chi connectivity index (χ2v) is 7.00. The van der Waals surface area contributed by atoms with Gasteiger partial charge in [0, 0.05) is 0 Å². The monoisotopic (exact) mass is 324 g/mol. The van der Waals surface area contributed by atoms with Crippen molar-refractivity contribution in [2.45, 2.75) is 45.4 Å². The van der Waals surface area contributed by atoms with E-state index in [2.05, 4.69) is 6.92 Å². The van der Waals surface area contributed by atoms with Crippen molar-refractivity contribution in [1.29, 1.82) is 0 Å². The molecule has 128 valence electrons. The minimum absolute atomic E-state index is 0.00476. The molecule has 2 aliphatic carbocycles. The van der Waals surface area contributed by atoms with Gasteiger partial charge in [0.2, 0.25) is 11.6 Å². The molecule has 0 radical (unpaired) electrons. The Labute approximate surface area is 137 Å². The molecule has 2 fully saturated rings. The summed E-state index contributed by atoms with van der Waals surface area (Å²) in [7, 11) is 1.32. The van der Waals surface area contributed by atoms with Gasteiger partial charge in [-0.3, -0.25) is 0 Å². The fourth-order valence-electron chi connectivity index (χ4n) is 4.76. The van der Waals surface area contributed by atoms with Crippen LogP contribution in [0.2, 0.25) is 0 Å². The van der Waals surface area contributed by atoms with Crippen molar-refractivity contribution < 1.29 is 18.3 Å². The lowest BCUT2D eigenvalue weighted by Crippen LogP contribution is -2.19. The number of benzene rings is 1. The van der Waals surface area contributed by atoms with Crippen LogP contribution in [0.15, 0.2) is 12.1 Å². The van der Waals surface area contributed by atoms with Gasteiger partial charge in [-0.2, -0.15) is 8.78 Å². The van der Waals surface area contributed by atoms with E-state index in [1.54, 1.807) is 0 Å². The van der Waals surface area contributed by atoms with Crippen LogP contribution in [-0.2, 0) is 0 Å². The Morgan fingerprint density at radius 2 is 1.57 bits per heavy atom. The van der Waals surface area contributed by atoms with Gasteiger partial charge in [-0.1, -0.05) is 19.8 Å². The van der Waals surface area contributed by atoms with Crippen LogP contribution in [0.3, 0.4) is 0 Å². The molecule has 2 saturated carbocycles. The highest BCUT2D eigenvalue weighted by Crippen LogP contribution is 2.52. The predicted molar refractivity (Wildman–Crippen MR) is 85.7 cm³/mol. The molecule has 2 aliphatic rings. The van der Waals surface area contributed by atoms with E-state index in [9.17, 15) is 8.78 Å². The number of rotatable bonds is 6. The van der Waals surface area contributed by atoms with Crippen LogP contribution in [0.25, 0.3) is 0 Å². The Morgan fingerprint density at radius 1 is 0.957 bits per heavy atom. The normalized spacial score (nSPS) is 29.6. The summed E-state index contributed by atoms with van der Waals surface area (Å²) < 4.78 is 38.1. The Kier molecular flexibility index (Phi) is 5.08. The van der Waals surface area contributed by atoms with Crippen LogP contribution in [-0.4, -0.2) is 13.7 Å². The zero-order valence-electron chi connectivity index (χ0n) is 14.0. The molecule has 1 aromatic rings. The first-order chi connectivity index (χ1) is 11.2. The summed E-state index contributed by atoms with van der Waals surface area (Å²) in [4.78, 5) is 0. The molecule has 0 aliphatic heterocycles. The standard InChI is InChI=1S/C19H26F2O2/c1-3-4-12-5-7-15-13(6-8-14(12)15)11-23-17-10-9-16(22-2)18(20)19(17)21/h9-10,12-15H,3-8,11H2,1-2H3. The van der Waals surface area contributed by atoms with Gasteiger partial charge >= 0.3 is 0 Å². The SMILES string of the molecule is CCCC1CCC2C(COc3ccc(OC)c(F)c3F)CCC12. The number of hydrogen-bond acceptors (Lipinski definition) is 2. The van der Waals surface area contributed by atoms with E-state index >= 15 is 0 Å². The lowest BCUT2D eigenvalue weighted by Gasteiger charge is -2.21. The van der Waals surface area contributed by atoms with E-state index in [1.165, 1.54) is 51.3 Å². The molecule has 0 aromatic heterocycles. The molecule has 0 amide bonds. The third kappa shape index (κ3) is 3.17. The minimum Gasteiger partial charge on any atom is -0.494 e. The van der Waals surface area contributed by atoms with E-state index in [0.717, 1.165) is 18.3 Å². The third-order valence-corrected chi connectivity index (χ3v) is 5.85. The molecule has 0 saturated heterocycles. The van der Waals surface area contributed by atoms with Gasteiger partial charge in [0.25, 0.3) is 0 Å². The quantitative estimate of drug-likeness (QED) is 0.715. The average Bonchev–Trinajstić information content (AvgIpc) is 3.13. The van der Waals surface area contributed by atoms with E-state index in [4.69, 9.17) is 9.47 Å². The van der Waals surface area contributed by atoms with Crippen molar-refractivity contribution in [2.24, 2.45) is 23.7 Å². The van der Waals surface area contributed by atoms with Crippen molar-refractivity contribution in [3.63, 3.8) is 0 Å². The second-order valence-electron chi connectivity index (χ2n) is 7.00. The Balaban J connectivity index is 1.61. The van der Waals surface area contributed by atoms with Gasteiger partial charge in [0.1, 0.15) is 0 Å². The van der Waals surface area contributed by atoms with Gasteiger partial charge in [-0.15, -0.1) is 0 Å². The lowest BCUT2D eigenvalue weighted by molar-refractivity contribution is 0.193. The maximum atomic E-state index is 14.0. The van der Waals surface area contributed by atoms with Crippen molar-refractivity contribution in [1.82, 2.24) is 0 Å². The topological polar surface area (TPSA) is 18.5 Å². The number of ether oxygens (including phenoxy) is 2. The first-order valence-electron chi connectivity index (χ1n) is 8.80. The first kappa shape index (κ1) is 16.5. The van der Waals surface area contributed by atoms with Crippen molar-refractivity contribution >= 4 is 0 Å². The summed E-state index contributed by atoms with van der Waals surface area (Å²) in [5, 5.41) is 0. The summed E-state index contributed by atoms with van der Waals surface area (Å²) in [6.45, 7) is 2.74. The van der Waals surface area contributed by atoms with E-state index < -0.39 is 11.6 Å². The zero-order valence-corrected chi connectivity index (χ0v) is 14.0. The summed E-state index contributed by atoms with van der Waals surface area (Å²) in [6, 6.07) is 2.87. The Hall–Kier alpha value is -1.32. The van der Waals surface area contributed by atoms with E-state index in [0.29, 0.717) is 18.4 Å². The zero-order chi connectivity index (χ0) is 16.4. The number of hydrogen-bond donors (Lipinski definition) is 0. The Morgan fingerprint density at radius 3 is 2.26 bits per heavy atom. The largest absolute Gasteiger partial charge is 0.494 e. The molecule has 23 heavy (non-hydrogen) atoms. The van der Waals surface area contributed by atoms with Gasteiger partial charge in [-0.25, -0.2) is 0 Å². The van der Waals surface area contributed by atoms with Crippen molar-refractivity contribution in [3.05, 3.63) is 23.8 Å². The molecule has 0 N–H and O–H groups in total. The maximum absolute atomic E-state index is 14.0. The molecule has 0 spiro atoms. The summed E-state index contributed by atoms with van der Waals surface area (Å²) in [5.74, 6) is 0.853. The molecule has 4 heteroatoms. The van der Waals surface area contributed by atoms with Gasteiger partial charge in [0.05, 0.1) is 13.7 Å². The second kappa shape index (κ2) is 7.06. The van der Waals surface area contributed by atoms with Crippen LogP contribution in [0.4, 0.5) is 8.78 Å². The van der Waals surface area contributed by atoms with Crippen LogP contribution in [0.1, 0.15) is 45.4 Å². The van der Waals surface area contributed by atoms with E-state index in [1.807, 2.05) is 0 Å². The van der Waals surface area contributed by atoms with Gasteiger partial charge in [0.15, 0.2) is 11.5 Å². The fraction of sp³-hybridized carbons (Fsp3) is 0.684. The molecule has 4 atom stereocenters. The van der Waals surface area contributed by atoms with Crippen LogP contribution < -0.4 is 9.47 Å². The molecular weight excluding hydrogens is 298 g/mol. The molecule has 2 nitrogen and oxygen atoms in total. The van der Waals surface area contributed by atoms with E-state index in [-0.39, 0.29) is 11.5 Å². The highest BCUT2D eigenvalue weighted by atomic mass is 19.2. The molecule has 0 heterocycles. The molecular formula is C19H26F2O2. The van der Waals surface area contributed by atoms with Crippen molar-refractivity contribution in [2.75, 3.05) is 13.7 Å². The smallest absolute Gasteiger partial charge is 0.204 e. The molecule has 4 unspecified atom stereocenters. The first-order valence-corrected chi connectivity index (χ1v) is 8.80. The van der Waals surface area contributed by atoms with Gasteiger partial charge in [-0.05, 0) is 61.5 Å². The molecule has 3 rings (SSSR count). The maximum Gasteiger partial charge on any atom is 0.204 e. The minimum atomic E-state index is -0.974. The number of halogens is 2. The summed E-state index contributed by atoms with van der Waals surface area (Å²) in [5.41, 5.74) is 0. The van der Waals surface area contributed by atoms with Gasteiger partial charge < -0.3 is 9.47 Å². The predicted octanol–water partition coefficient (Wildman–Crippen LogP) is 5.20. The number of fused-ring (bicyclic) bond motifs is 1. The fourth-order valence-corrected chi connectivity index (χ4v) is 4.76. The summed E-state index contributed by atoms with van der Waals surface area (Å²) in [6.07, 6.45) is 7.59. The van der Waals surface area contributed by atoms with Crippen LogP contribution in [0.5, 0.6) is 11.5 Å². The van der Waals surface area contributed by atoms with Crippen LogP contribution >= 0.6 is 0 Å². The highest BCUT2D eigenvalue weighted by molar-refractivity contribution is 5.34. The Bertz CT molecular complexity index is 546. The highest BCUT2D eigenvalue weighted by Gasteiger charge is 2.44. The summed E-state index contributed by atoms with van der Waals surface area (Å²) >= 11 is 0. The average molecular weight is 324 g/mol. The third-order valence-electron chi connectivity index (χ3n) is 5.85. The number of methoxy groups -OCH3 is 1. The van der Waals surface area contributed by atoms with Crippen LogP contribution in [0, 0.1) is 35.3 Å². The molecule has 1 aromatic carbocycles. The lowest BCUT2D eigenvalue weighted by atomic mass is 9.87.